The molecule has 112 valence electrons. The Labute approximate surface area is 129 Å². The van der Waals surface area contributed by atoms with Crippen molar-refractivity contribution >= 4 is 11.6 Å². The molecule has 0 aliphatic heterocycles. The molecule has 0 saturated heterocycles. The summed E-state index contributed by atoms with van der Waals surface area (Å²) in [5.74, 6) is -0.168. The van der Waals surface area contributed by atoms with Crippen molar-refractivity contribution in [2.45, 2.75) is 19.4 Å². The fourth-order valence-corrected chi connectivity index (χ4v) is 2.60. The third kappa shape index (κ3) is 3.00. The number of carbonyl (C=O) groups excluding carboxylic acids is 2. The van der Waals surface area contributed by atoms with Gasteiger partial charge in [-0.25, -0.2) is 0 Å². The number of ketones is 2. The second-order valence-corrected chi connectivity index (χ2v) is 5.68. The third-order valence-electron chi connectivity index (χ3n) is 4.10. The van der Waals surface area contributed by atoms with Crippen molar-refractivity contribution in [3.05, 3.63) is 71.8 Å². The lowest BCUT2D eigenvalue weighted by Gasteiger charge is -2.13. The van der Waals surface area contributed by atoms with E-state index in [-0.39, 0.29) is 18.2 Å². The number of ether oxygens (including phenoxy) is 1. The summed E-state index contributed by atoms with van der Waals surface area (Å²) in [6.07, 6.45) is 1.27. The molecule has 0 radical (unpaired) electrons. The summed E-state index contributed by atoms with van der Waals surface area (Å²) in [5.41, 5.74) is 0.795. The monoisotopic (exact) mass is 294 g/mol. The standard InChI is InChI=1S/C19H18O3/c20-17(14-22-13-15-7-3-1-4-8-15)19(11-12-19)18(21)16-9-5-2-6-10-16/h1-10H,11-14H2. The molecule has 0 atom stereocenters. The normalized spacial score (nSPS) is 15.3. The van der Waals surface area contributed by atoms with Crippen LogP contribution in [0.4, 0.5) is 0 Å². The highest BCUT2D eigenvalue weighted by molar-refractivity contribution is 6.17. The fourth-order valence-electron chi connectivity index (χ4n) is 2.60. The number of benzene rings is 2. The minimum absolute atomic E-state index is 0.00648. The van der Waals surface area contributed by atoms with E-state index in [4.69, 9.17) is 4.74 Å². The zero-order chi connectivity index (χ0) is 15.4. The molecule has 0 aromatic heterocycles. The van der Waals surface area contributed by atoms with Crippen LogP contribution >= 0.6 is 0 Å². The van der Waals surface area contributed by atoms with Crippen molar-refractivity contribution in [3.8, 4) is 0 Å². The Kier molecular flexibility index (Phi) is 4.16. The van der Waals surface area contributed by atoms with E-state index in [1.807, 2.05) is 48.5 Å². The fraction of sp³-hybridized carbons (Fsp3) is 0.263. The Morgan fingerprint density at radius 3 is 2.09 bits per heavy atom. The minimum Gasteiger partial charge on any atom is -0.369 e. The first-order valence-electron chi connectivity index (χ1n) is 7.47. The van der Waals surface area contributed by atoms with Gasteiger partial charge in [0.05, 0.1) is 12.0 Å². The Morgan fingerprint density at radius 2 is 1.50 bits per heavy atom. The van der Waals surface area contributed by atoms with Gasteiger partial charge in [0.25, 0.3) is 0 Å². The molecule has 2 aromatic carbocycles. The first-order valence-corrected chi connectivity index (χ1v) is 7.47. The molecule has 1 fully saturated rings. The van der Waals surface area contributed by atoms with Crippen molar-refractivity contribution < 1.29 is 14.3 Å². The van der Waals surface area contributed by atoms with Gasteiger partial charge in [0.15, 0.2) is 11.6 Å². The van der Waals surface area contributed by atoms with E-state index >= 15 is 0 Å². The average molecular weight is 294 g/mol. The van der Waals surface area contributed by atoms with Crippen molar-refractivity contribution in [2.75, 3.05) is 6.61 Å². The zero-order valence-electron chi connectivity index (χ0n) is 12.3. The van der Waals surface area contributed by atoms with Crippen LogP contribution in [0.15, 0.2) is 60.7 Å². The molecular weight excluding hydrogens is 276 g/mol. The highest BCUT2D eigenvalue weighted by atomic mass is 16.5. The van der Waals surface area contributed by atoms with Crippen LogP contribution in [0.25, 0.3) is 0 Å². The van der Waals surface area contributed by atoms with Gasteiger partial charge in [-0.1, -0.05) is 60.7 Å². The lowest BCUT2D eigenvalue weighted by atomic mass is 9.91. The van der Waals surface area contributed by atoms with Gasteiger partial charge < -0.3 is 4.74 Å². The van der Waals surface area contributed by atoms with E-state index in [2.05, 4.69) is 0 Å². The van der Waals surface area contributed by atoms with Crippen LogP contribution in [0.1, 0.15) is 28.8 Å². The molecule has 0 N–H and O–H groups in total. The Hall–Kier alpha value is -2.26. The molecule has 3 rings (SSSR count). The van der Waals surface area contributed by atoms with E-state index < -0.39 is 5.41 Å². The van der Waals surface area contributed by atoms with Crippen molar-refractivity contribution in [1.29, 1.82) is 0 Å². The largest absolute Gasteiger partial charge is 0.369 e. The SMILES string of the molecule is O=C(COCc1ccccc1)C1(C(=O)c2ccccc2)CC1. The number of carbonyl (C=O) groups is 2. The number of hydrogen-bond acceptors (Lipinski definition) is 3. The maximum Gasteiger partial charge on any atom is 0.176 e. The predicted molar refractivity (Wildman–Crippen MR) is 83.5 cm³/mol. The molecular formula is C19H18O3. The van der Waals surface area contributed by atoms with Crippen LogP contribution in [0.2, 0.25) is 0 Å². The number of hydrogen-bond donors (Lipinski definition) is 0. The Balaban J connectivity index is 1.59. The van der Waals surface area contributed by atoms with Gasteiger partial charge in [-0.2, -0.15) is 0 Å². The summed E-state index contributed by atoms with van der Waals surface area (Å²) in [6.45, 7) is 0.385. The minimum atomic E-state index is -0.835. The van der Waals surface area contributed by atoms with E-state index in [0.29, 0.717) is 25.0 Å². The van der Waals surface area contributed by atoms with Crippen LogP contribution in [-0.2, 0) is 16.1 Å². The van der Waals surface area contributed by atoms with E-state index in [1.165, 1.54) is 0 Å². The molecule has 3 heteroatoms. The smallest absolute Gasteiger partial charge is 0.176 e. The van der Waals surface area contributed by atoms with Crippen LogP contribution in [0, 0.1) is 5.41 Å². The lowest BCUT2D eigenvalue weighted by Crippen LogP contribution is -2.29. The van der Waals surface area contributed by atoms with Gasteiger partial charge in [-0.05, 0) is 18.4 Å². The zero-order valence-corrected chi connectivity index (χ0v) is 12.3. The Bertz CT molecular complexity index is 658. The molecule has 0 amide bonds. The molecule has 0 bridgehead atoms. The molecule has 0 unspecified atom stereocenters. The Morgan fingerprint density at radius 1 is 0.909 bits per heavy atom. The summed E-state index contributed by atoms with van der Waals surface area (Å²) in [4.78, 5) is 24.9. The molecule has 3 nitrogen and oxygen atoms in total. The van der Waals surface area contributed by atoms with Gasteiger partial charge in [-0.3, -0.25) is 9.59 Å². The second-order valence-electron chi connectivity index (χ2n) is 5.68. The van der Waals surface area contributed by atoms with Crippen LogP contribution < -0.4 is 0 Å². The third-order valence-corrected chi connectivity index (χ3v) is 4.10. The molecule has 2 aromatic rings. The van der Waals surface area contributed by atoms with Crippen LogP contribution in [-0.4, -0.2) is 18.2 Å². The van der Waals surface area contributed by atoms with Gasteiger partial charge >= 0.3 is 0 Å². The highest BCUT2D eigenvalue weighted by Gasteiger charge is 2.55. The van der Waals surface area contributed by atoms with E-state index in [1.54, 1.807) is 12.1 Å². The maximum atomic E-state index is 12.5. The quantitative estimate of drug-likeness (QED) is 0.580. The number of rotatable bonds is 7. The molecule has 1 aliphatic rings. The summed E-state index contributed by atoms with van der Waals surface area (Å²) in [5, 5.41) is 0. The first kappa shape index (κ1) is 14.7. The summed E-state index contributed by atoms with van der Waals surface area (Å²) in [6, 6.07) is 18.7. The summed E-state index contributed by atoms with van der Waals surface area (Å²) >= 11 is 0. The molecule has 0 heterocycles. The van der Waals surface area contributed by atoms with Crippen LogP contribution in [0.3, 0.4) is 0 Å². The van der Waals surface area contributed by atoms with Gasteiger partial charge in [0, 0.05) is 5.56 Å². The van der Waals surface area contributed by atoms with Gasteiger partial charge in [0.1, 0.15) is 6.61 Å². The highest BCUT2D eigenvalue weighted by Crippen LogP contribution is 2.49. The van der Waals surface area contributed by atoms with E-state index in [0.717, 1.165) is 5.56 Å². The average Bonchev–Trinajstić information content (AvgIpc) is 3.38. The van der Waals surface area contributed by atoms with Gasteiger partial charge in [0.2, 0.25) is 0 Å². The number of Topliss-reactive ketones (excluding diaryl/α,β-unsaturated/α-hetero) is 2. The maximum absolute atomic E-state index is 12.5. The summed E-state index contributed by atoms with van der Waals surface area (Å²) in [7, 11) is 0. The van der Waals surface area contributed by atoms with E-state index in [9.17, 15) is 9.59 Å². The summed E-state index contributed by atoms with van der Waals surface area (Å²) < 4.78 is 5.49. The first-order chi connectivity index (χ1) is 10.7. The van der Waals surface area contributed by atoms with Crippen molar-refractivity contribution in [2.24, 2.45) is 5.41 Å². The topological polar surface area (TPSA) is 43.4 Å². The molecule has 1 saturated carbocycles. The lowest BCUT2D eigenvalue weighted by molar-refractivity contribution is -0.127. The molecule has 0 spiro atoms. The van der Waals surface area contributed by atoms with Gasteiger partial charge in [-0.15, -0.1) is 0 Å². The predicted octanol–water partition coefficient (Wildman–Crippen LogP) is 3.44. The van der Waals surface area contributed by atoms with Crippen LogP contribution in [0.5, 0.6) is 0 Å². The van der Waals surface area contributed by atoms with Crippen molar-refractivity contribution in [1.82, 2.24) is 0 Å². The molecule has 1 aliphatic carbocycles. The molecule has 22 heavy (non-hydrogen) atoms. The van der Waals surface area contributed by atoms with Crippen molar-refractivity contribution in [3.63, 3.8) is 0 Å². The second kappa shape index (κ2) is 6.24.